The zero-order chi connectivity index (χ0) is 22.1. The topological polar surface area (TPSA) is 100 Å². The molecule has 0 bridgehead atoms. The van der Waals surface area contributed by atoms with Crippen molar-refractivity contribution in [1.29, 1.82) is 5.26 Å². The van der Waals surface area contributed by atoms with Gasteiger partial charge in [-0.3, -0.25) is 9.59 Å². The van der Waals surface area contributed by atoms with E-state index >= 15 is 0 Å². The van der Waals surface area contributed by atoms with Crippen LogP contribution in [0.2, 0.25) is 0 Å². The van der Waals surface area contributed by atoms with Crippen LogP contribution >= 0.6 is 0 Å². The number of carbonyl (C=O) groups excluding carboxylic acids is 2. The monoisotopic (exact) mass is 407 g/mol. The van der Waals surface area contributed by atoms with Gasteiger partial charge in [0, 0.05) is 12.2 Å². The van der Waals surface area contributed by atoms with Crippen LogP contribution in [0.4, 0.5) is 5.69 Å². The summed E-state index contributed by atoms with van der Waals surface area (Å²) in [5.41, 5.74) is 3.19. The highest BCUT2D eigenvalue weighted by Gasteiger charge is 2.13. The fraction of sp³-hybridized carbons (Fsp3) is 0.261. The second-order valence-corrected chi connectivity index (χ2v) is 6.52. The van der Waals surface area contributed by atoms with E-state index in [4.69, 9.17) is 9.47 Å². The van der Waals surface area contributed by atoms with Crippen molar-refractivity contribution in [1.82, 2.24) is 5.32 Å². The van der Waals surface area contributed by atoms with E-state index in [1.54, 1.807) is 24.3 Å². The number of nitriles is 1. The van der Waals surface area contributed by atoms with Crippen LogP contribution < -0.4 is 20.1 Å². The molecule has 2 aromatic rings. The quantitative estimate of drug-likeness (QED) is 0.516. The lowest BCUT2D eigenvalue weighted by atomic mass is 10.1. The van der Waals surface area contributed by atoms with E-state index in [2.05, 4.69) is 10.6 Å². The van der Waals surface area contributed by atoms with Crippen molar-refractivity contribution < 1.29 is 19.1 Å². The van der Waals surface area contributed by atoms with Crippen molar-refractivity contribution in [2.45, 2.75) is 20.8 Å². The summed E-state index contributed by atoms with van der Waals surface area (Å²) >= 11 is 0. The Morgan fingerprint density at radius 3 is 2.60 bits per heavy atom. The van der Waals surface area contributed by atoms with Gasteiger partial charge in [0.05, 0.1) is 7.11 Å². The van der Waals surface area contributed by atoms with Gasteiger partial charge in [0.25, 0.3) is 11.8 Å². The first-order chi connectivity index (χ1) is 14.4. The predicted molar refractivity (Wildman–Crippen MR) is 115 cm³/mol. The van der Waals surface area contributed by atoms with Crippen molar-refractivity contribution >= 4 is 23.6 Å². The number of carbonyl (C=O) groups is 2. The third-order valence-electron chi connectivity index (χ3n) is 4.45. The highest BCUT2D eigenvalue weighted by molar-refractivity contribution is 6.10. The molecule has 0 heterocycles. The van der Waals surface area contributed by atoms with Gasteiger partial charge in [-0.25, -0.2) is 0 Å². The summed E-state index contributed by atoms with van der Waals surface area (Å²) in [5, 5.41) is 14.9. The molecule has 0 unspecified atom stereocenters. The molecule has 30 heavy (non-hydrogen) atoms. The molecule has 0 spiro atoms. The number of hydrogen-bond acceptors (Lipinski definition) is 5. The molecule has 0 saturated carbocycles. The normalized spacial score (nSPS) is 10.7. The Bertz CT molecular complexity index is 1010. The molecule has 7 nitrogen and oxygen atoms in total. The molecule has 2 aromatic carbocycles. The molecule has 0 fully saturated rings. The largest absolute Gasteiger partial charge is 0.493 e. The molecule has 0 radical (unpaired) electrons. The van der Waals surface area contributed by atoms with Gasteiger partial charge in [-0.2, -0.15) is 5.26 Å². The third kappa shape index (κ3) is 5.85. The van der Waals surface area contributed by atoms with E-state index in [-0.39, 0.29) is 18.1 Å². The molecule has 0 saturated heterocycles. The Kier molecular flexibility index (Phi) is 8.00. The van der Waals surface area contributed by atoms with Gasteiger partial charge in [0.1, 0.15) is 11.6 Å². The maximum absolute atomic E-state index is 12.6. The predicted octanol–water partition coefficient (Wildman–Crippen LogP) is 3.37. The molecule has 7 heteroatoms. The summed E-state index contributed by atoms with van der Waals surface area (Å²) in [6, 6.07) is 12.5. The number of rotatable bonds is 8. The summed E-state index contributed by atoms with van der Waals surface area (Å²) in [7, 11) is 1.47. The van der Waals surface area contributed by atoms with Gasteiger partial charge in [-0.1, -0.05) is 18.2 Å². The first-order valence-corrected chi connectivity index (χ1v) is 9.46. The van der Waals surface area contributed by atoms with Crippen molar-refractivity contribution in [2.24, 2.45) is 0 Å². The molecule has 2 amide bonds. The summed E-state index contributed by atoms with van der Waals surface area (Å²) in [6.07, 6.45) is 1.47. The summed E-state index contributed by atoms with van der Waals surface area (Å²) in [4.78, 5) is 24.1. The fourth-order valence-corrected chi connectivity index (χ4v) is 2.68. The molecular formula is C23H25N3O4. The minimum Gasteiger partial charge on any atom is -0.493 e. The number of hydrogen-bond donors (Lipinski definition) is 2. The standard InChI is InChI=1S/C23H25N3O4/c1-5-25-22(27)14-30-20-10-9-17(12-21(20)29-4)11-18(13-24)23(28)26-19-8-6-7-15(2)16(19)3/h6-12H,5,14H2,1-4H3,(H,25,27)(H,26,28)/b18-11+. The highest BCUT2D eigenvalue weighted by atomic mass is 16.5. The zero-order valence-corrected chi connectivity index (χ0v) is 17.5. The van der Waals surface area contributed by atoms with E-state index in [1.165, 1.54) is 13.2 Å². The van der Waals surface area contributed by atoms with Crippen molar-refractivity contribution in [3.05, 3.63) is 58.7 Å². The van der Waals surface area contributed by atoms with E-state index in [0.29, 0.717) is 29.3 Å². The fourth-order valence-electron chi connectivity index (χ4n) is 2.68. The molecule has 0 atom stereocenters. The Morgan fingerprint density at radius 1 is 1.17 bits per heavy atom. The average Bonchev–Trinajstić information content (AvgIpc) is 2.74. The molecule has 2 rings (SSSR count). The molecule has 0 aliphatic carbocycles. The molecule has 0 aliphatic rings. The number of benzene rings is 2. The zero-order valence-electron chi connectivity index (χ0n) is 17.5. The van der Waals surface area contributed by atoms with Crippen LogP contribution in [0, 0.1) is 25.2 Å². The van der Waals surface area contributed by atoms with Gasteiger partial charge < -0.3 is 20.1 Å². The van der Waals surface area contributed by atoms with Crippen molar-refractivity contribution in [3.8, 4) is 17.6 Å². The maximum Gasteiger partial charge on any atom is 0.266 e. The van der Waals surface area contributed by atoms with Gasteiger partial charge in [0.2, 0.25) is 0 Å². The SMILES string of the molecule is CCNC(=O)COc1ccc(/C=C(\C#N)C(=O)Nc2cccc(C)c2C)cc1OC. The Labute approximate surface area is 176 Å². The lowest BCUT2D eigenvalue weighted by Gasteiger charge is -2.12. The first-order valence-electron chi connectivity index (χ1n) is 9.46. The van der Waals surface area contributed by atoms with Gasteiger partial charge >= 0.3 is 0 Å². The second-order valence-electron chi connectivity index (χ2n) is 6.52. The van der Waals surface area contributed by atoms with Crippen LogP contribution in [0.1, 0.15) is 23.6 Å². The summed E-state index contributed by atoms with van der Waals surface area (Å²) in [5.74, 6) is 0.0414. The lowest BCUT2D eigenvalue weighted by molar-refractivity contribution is -0.123. The van der Waals surface area contributed by atoms with E-state index in [9.17, 15) is 14.9 Å². The number of methoxy groups -OCH3 is 1. The van der Waals surface area contributed by atoms with Crippen molar-refractivity contribution in [2.75, 3.05) is 25.6 Å². The average molecular weight is 407 g/mol. The molecule has 0 aliphatic heterocycles. The first kappa shape index (κ1) is 22.5. The highest BCUT2D eigenvalue weighted by Crippen LogP contribution is 2.29. The number of likely N-dealkylation sites (N-methyl/N-ethyl adjacent to an activating group) is 1. The number of amides is 2. The van der Waals surface area contributed by atoms with Gasteiger partial charge in [-0.15, -0.1) is 0 Å². The number of ether oxygens (including phenoxy) is 2. The van der Waals surface area contributed by atoms with Crippen LogP contribution in [0.15, 0.2) is 42.0 Å². The van der Waals surface area contributed by atoms with Gasteiger partial charge in [-0.05, 0) is 61.7 Å². The summed E-state index contributed by atoms with van der Waals surface area (Å²) < 4.78 is 10.8. The Morgan fingerprint density at radius 2 is 1.93 bits per heavy atom. The van der Waals surface area contributed by atoms with E-state index < -0.39 is 5.91 Å². The molecule has 156 valence electrons. The second kappa shape index (κ2) is 10.7. The number of aryl methyl sites for hydroxylation is 1. The van der Waals surface area contributed by atoms with Crippen LogP contribution in [-0.4, -0.2) is 32.1 Å². The van der Waals surface area contributed by atoms with Crippen LogP contribution in [0.3, 0.4) is 0 Å². The van der Waals surface area contributed by atoms with E-state index in [0.717, 1.165) is 11.1 Å². The Hall–Kier alpha value is -3.79. The molecule has 0 aromatic heterocycles. The number of nitrogens with one attached hydrogen (secondary N) is 2. The van der Waals surface area contributed by atoms with Crippen LogP contribution in [0.5, 0.6) is 11.5 Å². The molecular weight excluding hydrogens is 382 g/mol. The smallest absolute Gasteiger partial charge is 0.266 e. The maximum atomic E-state index is 12.6. The molecule has 2 N–H and O–H groups in total. The third-order valence-corrected chi connectivity index (χ3v) is 4.45. The minimum atomic E-state index is -0.498. The van der Waals surface area contributed by atoms with Crippen molar-refractivity contribution in [3.63, 3.8) is 0 Å². The Balaban J connectivity index is 2.20. The van der Waals surface area contributed by atoms with Gasteiger partial charge in [0.15, 0.2) is 18.1 Å². The van der Waals surface area contributed by atoms with Crippen LogP contribution in [-0.2, 0) is 9.59 Å². The number of nitrogens with zero attached hydrogens (tertiary/aromatic N) is 1. The van der Waals surface area contributed by atoms with Crippen LogP contribution in [0.25, 0.3) is 6.08 Å². The van der Waals surface area contributed by atoms with E-state index in [1.807, 2.05) is 39.0 Å². The minimum absolute atomic E-state index is 0.0473. The number of anilines is 1. The lowest BCUT2D eigenvalue weighted by Crippen LogP contribution is -2.28. The summed E-state index contributed by atoms with van der Waals surface area (Å²) in [6.45, 7) is 6.06.